The maximum atomic E-state index is 12.2. The first kappa shape index (κ1) is 12.9. The van der Waals surface area contributed by atoms with Crippen molar-refractivity contribution in [2.45, 2.75) is 20.4 Å². The molecule has 0 aliphatic heterocycles. The second-order valence-electron chi connectivity index (χ2n) is 4.21. The van der Waals surface area contributed by atoms with Gasteiger partial charge in [-0.05, 0) is 19.1 Å². The number of benzene rings is 1. The van der Waals surface area contributed by atoms with Gasteiger partial charge in [-0.2, -0.15) is 0 Å². The van der Waals surface area contributed by atoms with Crippen LogP contribution in [0.25, 0.3) is 5.69 Å². The Bertz CT molecular complexity index is 632. The maximum absolute atomic E-state index is 12.2. The van der Waals surface area contributed by atoms with Crippen molar-refractivity contribution in [1.82, 2.24) is 9.90 Å². The van der Waals surface area contributed by atoms with E-state index in [2.05, 4.69) is 5.21 Å². The van der Waals surface area contributed by atoms with Crippen LogP contribution in [-0.2, 0) is 11.3 Å². The molecule has 1 aromatic heterocycles. The molecule has 0 saturated heterocycles. The van der Waals surface area contributed by atoms with E-state index < -0.39 is 11.7 Å². The lowest BCUT2D eigenvalue weighted by Crippen LogP contribution is -2.44. The SMILES string of the molecule is CC(=O)C[n+]1nn(-c2ccccc2)c([O-])c1C(C)=O. The Labute approximate surface area is 109 Å². The number of para-hydroxylation sites is 1. The van der Waals surface area contributed by atoms with E-state index in [0.717, 1.165) is 9.36 Å². The molecule has 1 aromatic carbocycles. The smallest absolute Gasteiger partial charge is 0.227 e. The van der Waals surface area contributed by atoms with Gasteiger partial charge in [-0.25, -0.2) is 0 Å². The topological polar surface area (TPSA) is 78.9 Å². The van der Waals surface area contributed by atoms with Crippen LogP contribution < -0.4 is 9.79 Å². The van der Waals surface area contributed by atoms with Crippen LogP contribution in [0.4, 0.5) is 0 Å². The molecule has 0 aliphatic carbocycles. The highest BCUT2D eigenvalue weighted by Crippen LogP contribution is 2.15. The number of Topliss-reactive ketones (excluding diaryl/α,β-unsaturated/α-hetero) is 2. The minimum absolute atomic E-state index is 0.0842. The van der Waals surface area contributed by atoms with E-state index in [9.17, 15) is 14.7 Å². The number of aromatic nitrogens is 3. The number of ketones is 2. The number of hydrogen-bond acceptors (Lipinski definition) is 4. The van der Waals surface area contributed by atoms with Gasteiger partial charge in [-0.15, -0.1) is 9.36 Å². The second-order valence-corrected chi connectivity index (χ2v) is 4.21. The van der Waals surface area contributed by atoms with Crippen LogP contribution in [0, 0.1) is 0 Å². The van der Waals surface area contributed by atoms with Gasteiger partial charge in [0.25, 0.3) is 0 Å². The van der Waals surface area contributed by atoms with E-state index in [1.54, 1.807) is 24.3 Å². The van der Waals surface area contributed by atoms with E-state index in [4.69, 9.17) is 0 Å². The molecule has 0 N–H and O–H groups in total. The van der Waals surface area contributed by atoms with Crippen LogP contribution in [0.5, 0.6) is 5.88 Å². The fourth-order valence-corrected chi connectivity index (χ4v) is 1.80. The summed E-state index contributed by atoms with van der Waals surface area (Å²) in [6.07, 6.45) is 0. The Morgan fingerprint density at radius 2 is 1.89 bits per heavy atom. The zero-order valence-corrected chi connectivity index (χ0v) is 10.7. The molecule has 98 valence electrons. The van der Waals surface area contributed by atoms with Crippen LogP contribution >= 0.6 is 0 Å². The van der Waals surface area contributed by atoms with E-state index in [1.165, 1.54) is 13.8 Å². The molecule has 0 radical (unpaired) electrons. The summed E-state index contributed by atoms with van der Waals surface area (Å²) in [5.41, 5.74) is 0.469. The fraction of sp³-hybridized carbons (Fsp3) is 0.231. The van der Waals surface area contributed by atoms with Crippen LogP contribution in [0.15, 0.2) is 30.3 Å². The van der Waals surface area contributed by atoms with Gasteiger partial charge in [0.15, 0.2) is 18.0 Å². The molecule has 6 heteroatoms. The molecule has 2 rings (SSSR count). The van der Waals surface area contributed by atoms with Gasteiger partial charge in [-0.3, -0.25) is 9.59 Å². The van der Waals surface area contributed by atoms with Crippen molar-refractivity contribution in [3.8, 4) is 11.6 Å². The minimum Gasteiger partial charge on any atom is -0.837 e. The Balaban J connectivity index is 2.58. The summed E-state index contributed by atoms with van der Waals surface area (Å²) >= 11 is 0. The van der Waals surface area contributed by atoms with Crippen LogP contribution in [0.3, 0.4) is 0 Å². The Morgan fingerprint density at radius 1 is 1.26 bits per heavy atom. The molecule has 0 atom stereocenters. The first-order valence-electron chi connectivity index (χ1n) is 5.76. The Kier molecular flexibility index (Phi) is 3.41. The molecular weight excluding hydrogens is 246 g/mol. The van der Waals surface area contributed by atoms with Crippen molar-refractivity contribution >= 4 is 11.6 Å². The number of hydrogen-bond donors (Lipinski definition) is 0. The van der Waals surface area contributed by atoms with Crippen LogP contribution in [0.2, 0.25) is 0 Å². The standard InChI is InChI=1S/C13H13N3O3/c1-9(17)8-15-12(10(2)18)13(19)16(14-15)11-6-4-3-5-7-11/h3-7H,8H2,1-2H3. The van der Waals surface area contributed by atoms with Gasteiger partial charge in [-0.1, -0.05) is 18.2 Å². The van der Waals surface area contributed by atoms with Crippen LogP contribution in [-0.4, -0.2) is 21.5 Å². The van der Waals surface area contributed by atoms with Crippen molar-refractivity contribution in [3.63, 3.8) is 0 Å². The summed E-state index contributed by atoms with van der Waals surface area (Å²) in [6.45, 7) is 2.57. The van der Waals surface area contributed by atoms with Crippen molar-refractivity contribution in [2.24, 2.45) is 0 Å². The number of rotatable bonds is 4. The molecule has 0 unspecified atom stereocenters. The average molecular weight is 259 g/mol. The van der Waals surface area contributed by atoms with Gasteiger partial charge >= 0.3 is 0 Å². The summed E-state index contributed by atoms with van der Waals surface area (Å²) in [7, 11) is 0. The molecule has 1 heterocycles. The van der Waals surface area contributed by atoms with Gasteiger partial charge < -0.3 is 5.11 Å². The lowest BCUT2D eigenvalue weighted by atomic mass is 10.3. The third-order valence-electron chi connectivity index (χ3n) is 2.56. The number of nitrogens with zero attached hydrogens (tertiary/aromatic N) is 3. The highest BCUT2D eigenvalue weighted by molar-refractivity contribution is 5.92. The Hall–Kier alpha value is -2.50. The number of carbonyl (C=O) groups is 2. The zero-order valence-electron chi connectivity index (χ0n) is 10.7. The van der Waals surface area contributed by atoms with Crippen molar-refractivity contribution < 1.29 is 19.4 Å². The van der Waals surface area contributed by atoms with Crippen molar-refractivity contribution in [2.75, 3.05) is 0 Å². The van der Waals surface area contributed by atoms with Gasteiger partial charge in [0, 0.05) is 6.92 Å². The lowest BCUT2D eigenvalue weighted by Gasteiger charge is -2.01. The van der Waals surface area contributed by atoms with E-state index in [0.29, 0.717) is 5.69 Å². The third-order valence-corrected chi connectivity index (χ3v) is 2.56. The summed E-state index contributed by atoms with van der Waals surface area (Å²) in [6, 6.07) is 8.75. The molecule has 0 spiro atoms. The van der Waals surface area contributed by atoms with Crippen molar-refractivity contribution in [3.05, 3.63) is 36.0 Å². The van der Waals surface area contributed by atoms with E-state index >= 15 is 0 Å². The predicted molar refractivity (Wildman–Crippen MR) is 63.9 cm³/mol. The minimum atomic E-state index is -0.514. The van der Waals surface area contributed by atoms with Gasteiger partial charge in [0.2, 0.25) is 11.5 Å². The molecule has 19 heavy (non-hydrogen) atoms. The van der Waals surface area contributed by atoms with Crippen LogP contribution in [0.1, 0.15) is 24.3 Å². The molecule has 0 fully saturated rings. The molecular formula is C13H13N3O3. The quantitative estimate of drug-likeness (QED) is 0.573. The molecule has 0 bridgehead atoms. The largest absolute Gasteiger partial charge is 0.837 e. The molecule has 0 amide bonds. The maximum Gasteiger partial charge on any atom is 0.227 e. The van der Waals surface area contributed by atoms with Gasteiger partial charge in [0.05, 0.1) is 5.21 Å². The summed E-state index contributed by atoms with van der Waals surface area (Å²) in [5.74, 6) is -1.10. The highest BCUT2D eigenvalue weighted by Gasteiger charge is 2.24. The summed E-state index contributed by atoms with van der Waals surface area (Å²) in [5, 5.41) is 16.2. The second kappa shape index (κ2) is 5.01. The monoisotopic (exact) mass is 259 g/mol. The molecule has 0 aliphatic rings. The van der Waals surface area contributed by atoms with Crippen molar-refractivity contribution in [1.29, 1.82) is 0 Å². The molecule has 0 saturated carbocycles. The first-order chi connectivity index (χ1) is 9.00. The van der Waals surface area contributed by atoms with E-state index in [-0.39, 0.29) is 18.0 Å². The molecule has 6 nitrogen and oxygen atoms in total. The fourth-order valence-electron chi connectivity index (χ4n) is 1.80. The van der Waals surface area contributed by atoms with E-state index in [1.807, 2.05) is 6.07 Å². The Morgan fingerprint density at radius 3 is 2.42 bits per heavy atom. The lowest BCUT2D eigenvalue weighted by molar-refractivity contribution is -0.745. The first-order valence-corrected chi connectivity index (χ1v) is 5.76. The average Bonchev–Trinajstić information content (AvgIpc) is 2.66. The predicted octanol–water partition coefficient (Wildman–Crippen LogP) is 0.0250. The number of carbonyl (C=O) groups excluding carboxylic acids is 2. The zero-order chi connectivity index (χ0) is 14.0. The third kappa shape index (κ3) is 2.52. The van der Waals surface area contributed by atoms with Gasteiger partial charge in [0.1, 0.15) is 5.88 Å². The summed E-state index contributed by atoms with van der Waals surface area (Å²) < 4.78 is 2.28. The normalized spacial score (nSPS) is 10.4. The molecule has 2 aromatic rings. The highest BCUT2D eigenvalue weighted by atomic mass is 16.3. The summed E-state index contributed by atoms with van der Waals surface area (Å²) in [4.78, 5) is 22.7.